The van der Waals surface area contributed by atoms with Crippen molar-refractivity contribution in [2.24, 2.45) is 10.3 Å². The summed E-state index contributed by atoms with van der Waals surface area (Å²) in [4.78, 5) is 20.8. The molecule has 2 aromatic rings. The number of carbonyl (C=O) groups is 1. The van der Waals surface area contributed by atoms with Gasteiger partial charge in [0.2, 0.25) is 0 Å². The molecule has 136 valence electrons. The van der Waals surface area contributed by atoms with Crippen molar-refractivity contribution in [1.82, 2.24) is 0 Å². The van der Waals surface area contributed by atoms with Gasteiger partial charge in [-0.3, -0.25) is 0 Å². The third-order valence-electron chi connectivity index (χ3n) is 3.53. The zero-order valence-corrected chi connectivity index (χ0v) is 14.8. The minimum Gasteiger partial charge on any atom is -0.489 e. The Bertz CT molecular complexity index is 830. The number of benzene rings is 2. The predicted octanol–water partition coefficient (Wildman–Crippen LogP) is 3.07. The molecule has 0 spiro atoms. The van der Waals surface area contributed by atoms with Gasteiger partial charge in [0, 0.05) is 11.1 Å². The third-order valence-corrected chi connectivity index (χ3v) is 3.53. The first-order valence-corrected chi connectivity index (χ1v) is 7.80. The maximum atomic E-state index is 11.4. The summed E-state index contributed by atoms with van der Waals surface area (Å²) < 4.78 is 5.83. The normalized spacial score (nSPS) is 11.8. The highest BCUT2D eigenvalue weighted by Gasteiger charge is 2.17. The first-order valence-electron chi connectivity index (χ1n) is 7.80. The Hall–Kier alpha value is -3.35. The number of hydrogen-bond donors (Lipinski definition) is 1. The summed E-state index contributed by atoms with van der Waals surface area (Å²) in [7, 11) is 2.79. The lowest BCUT2D eigenvalue weighted by Crippen LogP contribution is -2.17. The molecule has 0 heterocycles. The molecule has 7 heteroatoms. The topological polar surface area (TPSA) is 89.7 Å². The summed E-state index contributed by atoms with van der Waals surface area (Å²) in [6.45, 7) is 2.01. The lowest BCUT2D eigenvalue weighted by molar-refractivity contribution is -0.129. The molecule has 7 nitrogen and oxygen atoms in total. The Labute approximate surface area is 151 Å². The molecule has 2 rings (SSSR count). The van der Waals surface area contributed by atoms with Gasteiger partial charge in [-0.2, -0.15) is 0 Å². The molecular weight excluding hydrogens is 336 g/mol. The van der Waals surface area contributed by atoms with Gasteiger partial charge in [-0.15, -0.1) is 0 Å². The molecular formula is C19H20N2O5. The molecule has 0 saturated heterocycles. The van der Waals surface area contributed by atoms with E-state index in [1.807, 2.05) is 31.2 Å². The van der Waals surface area contributed by atoms with Gasteiger partial charge in [0.15, 0.2) is 5.71 Å². The maximum Gasteiger partial charge on any atom is 0.358 e. The minimum atomic E-state index is -1.17. The Morgan fingerprint density at radius 2 is 1.77 bits per heavy atom. The van der Waals surface area contributed by atoms with Crippen molar-refractivity contribution in [3.8, 4) is 5.75 Å². The van der Waals surface area contributed by atoms with Crippen LogP contribution >= 0.6 is 0 Å². The van der Waals surface area contributed by atoms with Crippen LogP contribution in [0.5, 0.6) is 5.75 Å². The van der Waals surface area contributed by atoms with Crippen molar-refractivity contribution in [3.05, 3.63) is 65.2 Å². The molecule has 0 saturated carbocycles. The summed E-state index contributed by atoms with van der Waals surface area (Å²) in [5, 5.41) is 16.8. The van der Waals surface area contributed by atoms with E-state index in [1.54, 1.807) is 24.3 Å². The largest absolute Gasteiger partial charge is 0.489 e. The smallest absolute Gasteiger partial charge is 0.358 e. The molecule has 0 unspecified atom stereocenters. The Morgan fingerprint density at radius 1 is 1.04 bits per heavy atom. The second-order valence-electron chi connectivity index (χ2n) is 5.26. The van der Waals surface area contributed by atoms with Crippen LogP contribution in [-0.2, 0) is 21.1 Å². The van der Waals surface area contributed by atoms with Gasteiger partial charge in [-0.25, -0.2) is 4.79 Å². The molecule has 0 bridgehead atoms. The lowest BCUT2D eigenvalue weighted by atomic mass is 10.0. The van der Waals surface area contributed by atoms with Crippen molar-refractivity contribution in [2.75, 3.05) is 14.2 Å². The average molecular weight is 356 g/mol. The van der Waals surface area contributed by atoms with Gasteiger partial charge < -0.3 is 19.5 Å². The number of hydrogen-bond acceptors (Lipinski definition) is 6. The summed E-state index contributed by atoms with van der Waals surface area (Å²) in [6.07, 6.45) is 0. The zero-order chi connectivity index (χ0) is 18.9. The standard InChI is InChI=1S/C19H20N2O5/c1-13(20-24-2)14-8-6-9-16(11-14)26-12-15-7-4-5-10-17(15)18(19(22)23)21-25-3/h4-11H,12H2,1-3H3,(H,22,23)/b20-13?,21-18+. The molecule has 0 fully saturated rings. The highest BCUT2D eigenvalue weighted by atomic mass is 16.6. The van der Waals surface area contributed by atoms with Crippen LogP contribution in [-0.4, -0.2) is 36.7 Å². The fourth-order valence-corrected chi connectivity index (χ4v) is 2.33. The average Bonchev–Trinajstić information content (AvgIpc) is 2.65. The highest BCUT2D eigenvalue weighted by molar-refractivity contribution is 6.42. The van der Waals surface area contributed by atoms with Crippen LogP contribution in [0.3, 0.4) is 0 Å². The van der Waals surface area contributed by atoms with Gasteiger partial charge in [0.05, 0.1) is 5.71 Å². The quantitative estimate of drug-likeness (QED) is 0.580. The molecule has 1 N–H and O–H groups in total. The number of oxime groups is 2. The van der Waals surface area contributed by atoms with Gasteiger partial charge in [-0.05, 0) is 24.6 Å². The van der Waals surface area contributed by atoms with Crippen LogP contribution in [0.2, 0.25) is 0 Å². The number of nitrogens with zero attached hydrogens (tertiary/aromatic N) is 2. The summed E-state index contributed by atoms with van der Waals surface area (Å²) in [5.41, 5.74) is 2.53. The first-order chi connectivity index (χ1) is 12.6. The fourth-order valence-electron chi connectivity index (χ4n) is 2.33. The van der Waals surface area contributed by atoms with E-state index in [0.717, 1.165) is 11.3 Å². The van der Waals surface area contributed by atoms with E-state index in [1.165, 1.54) is 14.2 Å². The fraction of sp³-hybridized carbons (Fsp3) is 0.211. The van der Waals surface area contributed by atoms with Gasteiger partial charge >= 0.3 is 5.97 Å². The molecule has 0 aliphatic rings. The van der Waals surface area contributed by atoms with E-state index in [9.17, 15) is 9.90 Å². The van der Waals surface area contributed by atoms with E-state index in [-0.39, 0.29) is 12.3 Å². The molecule has 0 aliphatic heterocycles. The zero-order valence-electron chi connectivity index (χ0n) is 14.8. The molecule has 0 aromatic heterocycles. The van der Waals surface area contributed by atoms with Crippen LogP contribution in [0.1, 0.15) is 23.6 Å². The molecule has 2 aromatic carbocycles. The second-order valence-corrected chi connectivity index (χ2v) is 5.26. The maximum absolute atomic E-state index is 11.4. The van der Waals surface area contributed by atoms with Gasteiger partial charge in [0.25, 0.3) is 0 Å². The number of carboxylic acid groups (broad SMARTS) is 1. The highest BCUT2D eigenvalue weighted by Crippen LogP contribution is 2.18. The summed E-state index contributed by atoms with van der Waals surface area (Å²) in [6, 6.07) is 14.4. The van der Waals surface area contributed by atoms with Crippen molar-refractivity contribution >= 4 is 17.4 Å². The predicted molar refractivity (Wildman–Crippen MR) is 97.6 cm³/mol. The van der Waals surface area contributed by atoms with E-state index >= 15 is 0 Å². The van der Waals surface area contributed by atoms with E-state index in [4.69, 9.17) is 9.57 Å². The molecule has 0 aliphatic carbocycles. The molecule has 26 heavy (non-hydrogen) atoms. The minimum absolute atomic E-state index is 0.177. The number of aliphatic carboxylic acids is 1. The monoisotopic (exact) mass is 356 g/mol. The Morgan fingerprint density at radius 3 is 2.46 bits per heavy atom. The Balaban J connectivity index is 2.23. The van der Waals surface area contributed by atoms with Crippen LogP contribution in [0.25, 0.3) is 0 Å². The van der Waals surface area contributed by atoms with Crippen molar-refractivity contribution in [1.29, 1.82) is 0 Å². The van der Waals surface area contributed by atoms with E-state index in [0.29, 0.717) is 16.9 Å². The summed E-state index contributed by atoms with van der Waals surface area (Å²) in [5.74, 6) is -0.545. The molecule has 0 atom stereocenters. The van der Waals surface area contributed by atoms with Gasteiger partial charge in [-0.1, -0.05) is 46.7 Å². The SMILES string of the molecule is CON=C(C)c1cccc(OCc2ccccc2/C(=N\OC)C(=O)O)c1. The van der Waals surface area contributed by atoms with Gasteiger partial charge in [0.1, 0.15) is 26.6 Å². The Kier molecular flexibility index (Phi) is 6.73. The number of carboxylic acids is 1. The summed E-state index contributed by atoms with van der Waals surface area (Å²) >= 11 is 0. The molecule has 0 amide bonds. The van der Waals surface area contributed by atoms with Crippen LogP contribution in [0, 0.1) is 0 Å². The third kappa shape index (κ3) is 4.83. The van der Waals surface area contributed by atoms with Crippen LogP contribution in [0.4, 0.5) is 0 Å². The van der Waals surface area contributed by atoms with Crippen molar-refractivity contribution in [2.45, 2.75) is 13.5 Å². The molecule has 0 radical (unpaired) electrons. The second kappa shape index (κ2) is 9.22. The first kappa shape index (κ1) is 19.0. The van der Waals surface area contributed by atoms with Crippen LogP contribution < -0.4 is 4.74 Å². The van der Waals surface area contributed by atoms with Crippen LogP contribution in [0.15, 0.2) is 58.8 Å². The number of ether oxygens (including phenoxy) is 1. The van der Waals surface area contributed by atoms with E-state index in [2.05, 4.69) is 15.1 Å². The number of rotatable bonds is 8. The van der Waals surface area contributed by atoms with Crippen molar-refractivity contribution in [3.63, 3.8) is 0 Å². The van der Waals surface area contributed by atoms with Crippen molar-refractivity contribution < 1.29 is 24.3 Å². The lowest BCUT2D eigenvalue weighted by Gasteiger charge is -2.11. The van der Waals surface area contributed by atoms with E-state index < -0.39 is 5.97 Å².